The van der Waals surface area contributed by atoms with Gasteiger partial charge in [-0.2, -0.15) is 0 Å². The lowest BCUT2D eigenvalue weighted by Gasteiger charge is -2.41. The summed E-state index contributed by atoms with van der Waals surface area (Å²) in [6.45, 7) is 4.77. The van der Waals surface area contributed by atoms with E-state index in [1.165, 1.54) is 0 Å². The Hall–Kier alpha value is -2.02. The quantitative estimate of drug-likeness (QED) is 0.593. The SMILES string of the molecule is C[C@@H](CN1CCC(N2C(=O)NC3CC(Cl)CCC32)CC1)NC(=O)c1ccc2ccccc2c1.Cl. The van der Waals surface area contributed by atoms with E-state index in [-0.39, 0.29) is 41.8 Å². The molecule has 0 spiro atoms. The Labute approximate surface area is 212 Å². The van der Waals surface area contributed by atoms with Gasteiger partial charge in [0.15, 0.2) is 0 Å². The molecule has 2 heterocycles. The van der Waals surface area contributed by atoms with Crippen LogP contribution in [0.5, 0.6) is 0 Å². The van der Waals surface area contributed by atoms with Gasteiger partial charge in [0, 0.05) is 42.7 Å². The van der Waals surface area contributed by atoms with E-state index in [0.29, 0.717) is 17.6 Å². The maximum atomic E-state index is 12.8. The number of likely N-dealkylation sites (tertiary alicyclic amines) is 1. The number of amides is 3. The highest BCUT2D eigenvalue weighted by Gasteiger charge is 2.45. The van der Waals surface area contributed by atoms with Crippen molar-refractivity contribution >= 4 is 46.7 Å². The van der Waals surface area contributed by atoms with Crippen LogP contribution in [0.2, 0.25) is 0 Å². The zero-order valence-electron chi connectivity index (χ0n) is 19.6. The van der Waals surface area contributed by atoms with Gasteiger partial charge in [0.25, 0.3) is 5.91 Å². The Morgan fingerprint density at radius 1 is 1.12 bits per heavy atom. The Morgan fingerprint density at radius 2 is 1.85 bits per heavy atom. The second kappa shape index (κ2) is 10.7. The molecule has 6 nitrogen and oxygen atoms in total. The summed E-state index contributed by atoms with van der Waals surface area (Å²) >= 11 is 6.33. The number of carbonyl (C=O) groups is 2. The zero-order valence-corrected chi connectivity index (χ0v) is 21.2. The molecule has 3 fully saturated rings. The minimum absolute atomic E-state index is 0. The largest absolute Gasteiger partial charge is 0.348 e. The van der Waals surface area contributed by atoms with Gasteiger partial charge in [-0.25, -0.2) is 4.79 Å². The van der Waals surface area contributed by atoms with Crippen LogP contribution >= 0.6 is 24.0 Å². The van der Waals surface area contributed by atoms with Crippen molar-refractivity contribution in [1.29, 1.82) is 0 Å². The number of alkyl halides is 1. The van der Waals surface area contributed by atoms with Gasteiger partial charge < -0.3 is 20.4 Å². The molecule has 4 atom stereocenters. The average Bonchev–Trinajstić information content (AvgIpc) is 3.13. The Morgan fingerprint density at radius 3 is 2.62 bits per heavy atom. The number of nitrogens with one attached hydrogen (secondary N) is 2. The summed E-state index contributed by atoms with van der Waals surface area (Å²) in [5.41, 5.74) is 0.695. The highest BCUT2D eigenvalue weighted by Crippen LogP contribution is 2.34. The molecular formula is C26H34Cl2N4O2. The molecule has 184 valence electrons. The average molecular weight is 505 g/mol. The van der Waals surface area contributed by atoms with E-state index in [9.17, 15) is 9.59 Å². The molecule has 2 aliphatic heterocycles. The lowest BCUT2D eigenvalue weighted by Crippen LogP contribution is -2.52. The number of nitrogens with zero attached hydrogens (tertiary/aromatic N) is 2. The minimum atomic E-state index is -0.0298. The molecule has 5 rings (SSSR count). The third-order valence-corrected chi connectivity index (χ3v) is 7.92. The number of hydrogen-bond donors (Lipinski definition) is 2. The third kappa shape index (κ3) is 5.29. The fraction of sp³-hybridized carbons (Fsp3) is 0.538. The Balaban J connectivity index is 0.00000274. The molecule has 2 aromatic rings. The minimum Gasteiger partial charge on any atom is -0.348 e. The zero-order chi connectivity index (χ0) is 22.9. The molecule has 0 bridgehead atoms. The monoisotopic (exact) mass is 504 g/mol. The van der Waals surface area contributed by atoms with E-state index >= 15 is 0 Å². The number of hydrogen-bond acceptors (Lipinski definition) is 3. The van der Waals surface area contributed by atoms with E-state index in [4.69, 9.17) is 11.6 Å². The maximum absolute atomic E-state index is 12.8. The summed E-state index contributed by atoms with van der Waals surface area (Å²) in [7, 11) is 0. The lowest BCUT2D eigenvalue weighted by atomic mass is 9.89. The van der Waals surface area contributed by atoms with Gasteiger partial charge in [-0.3, -0.25) is 4.79 Å². The topological polar surface area (TPSA) is 64.7 Å². The van der Waals surface area contributed by atoms with Crippen molar-refractivity contribution in [2.24, 2.45) is 0 Å². The maximum Gasteiger partial charge on any atom is 0.318 e. The fourth-order valence-electron chi connectivity index (χ4n) is 5.86. The molecule has 34 heavy (non-hydrogen) atoms. The van der Waals surface area contributed by atoms with Crippen LogP contribution in [0, 0.1) is 0 Å². The highest BCUT2D eigenvalue weighted by atomic mass is 35.5. The van der Waals surface area contributed by atoms with E-state index in [1.54, 1.807) is 0 Å². The number of rotatable bonds is 5. The summed E-state index contributed by atoms with van der Waals surface area (Å²) in [5, 5.41) is 8.72. The van der Waals surface area contributed by atoms with Gasteiger partial charge in [0.1, 0.15) is 0 Å². The highest BCUT2D eigenvalue weighted by molar-refractivity contribution is 6.20. The van der Waals surface area contributed by atoms with Crippen LogP contribution in [0.25, 0.3) is 10.8 Å². The predicted octanol–water partition coefficient (Wildman–Crippen LogP) is 4.40. The van der Waals surface area contributed by atoms with Crippen molar-refractivity contribution in [1.82, 2.24) is 20.4 Å². The summed E-state index contributed by atoms with van der Waals surface area (Å²) in [4.78, 5) is 30.0. The van der Waals surface area contributed by atoms with Crippen LogP contribution in [-0.4, -0.2) is 70.9 Å². The van der Waals surface area contributed by atoms with Crippen molar-refractivity contribution in [2.45, 2.75) is 68.6 Å². The van der Waals surface area contributed by atoms with E-state index < -0.39 is 0 Å². The molecule has 3 unspecified atom stereocenters. The van der Waals surface area contributed by atoms with E-state index in [2.05, 4.69) is 33.4 Å². The third-order valence-electron chi connectivity index (χ3n) is 7.52. The van der Waals surface area contributed by atoms with Crippen molar-refractivity contribution in [3.63, 3.8) is 0 Å². The molecule has 3 amide bonds. The lowest BCUT2D eigenvalue weighted by molar-refractivity contribution is 0.0875. The van der Waals surface area contributed by atoms with Gasteiger partial charge >= 0.3 is 6.03 Å². The van der Waals surface area contributed by atoms with Gasteiger partial charge in [-0.05, 0) is 61.9 Å². The fourth-order valence-corrected chi connectivity index (χ4v) is 6.18. The van der Waals surface area contributed by atoms with Crippen molar-refractivity contribution in [2.75, 3.05) is 19.6 Å². The molecule has 2 aromatic carbocycles. The van der Waals surface area contributed by atoms with E-state index in [1.807, 2.05) is 36.4 Å². The van der Waals surface area contributed by atoms with E-state index in [0.717, 1.165) is 62.5 Å². The molecule has 2 saturated heterocycles. The molecule has 0 radical (unpaired) electrons. The molecule has 0 aromatic heterocycles. The Bertz CT molecular complexity index is 1030. The molecule has 1 aliphatic carbocycles. The normalized spacial score (nSPS) is 26.5. The summed E-state index contributed by atoms with van der Waals surface area (Å²) < 4.78 is 0. The molecule has 8 heteroatoms. The summed E-state index contributed by atoms with van der Waals surface area (Å²) in [6, 6.07) is 14.9. The summed E-state index contributed by atoms with van der Waals surface area (Å²) in [6.07, 6.45) is 4.82. The summed E-state index contributed by atoms with van der Waals surface area (Å²) in [5.74, 6) is -0.0298. The van der Waals surface area contributed by atoms with Crippen LogP contribution in [0.4, 0.5) is 4.79 Å². The molecule has 3 aliphatic rings. The number of benzene rings is 2. The number of urea groups is 1. The predicted molar refractivity (Wildman–Crippen MR) is 139 cm³/mol. The molecule has 2 N–H and O–H groups in total. The number of halogens is 2. The van der Waals surface area contributed by atoms with Crippen LogP contribution in [-0.2, 0) is 0 Å². The van der Waals surface area contributed by atoms with Crippen molar-refractivity contribution in [3.05, 3.63) is 48.0 Å². The van der Waals surface area contributed by atoms with Crippen LogP contribution in [0.15, 0.2) is 42.5 Å². The number of carbonyl (C=O) groups excluding carboxylic acids is 2. The van der Waals surface area contributed by atoms with Crippen molar-refractivity contribution < 1.29 is 9.59 Å². The van der Waals surface area contributed by atoms with Gasteiger partial charge in [0.05, 0.1) is 12.1 Å². The first-order chi connectivity index (χ1) is 16.0. The molecule has 1 saturated carbocycles. The smallest absolute Gasteiger partial charge is 0.318 e. The van der Waals surface area contributed by atoms with Gasteiger partial charge in [0.2, 0.25) is 0 Å². The standard InChI is InChI=1S/C26H33ClN4O2.ClH/c1-17(28-25(32)20-7-6-18-4-2-3-5-19(18)14-20)16-30-12-10-22(11-13-30)31-24-9-8-21(27)15-23(24)29-26(31)33;/h2-7,14,17,21-24H,8-13,15-16H2,1H3,(H,28,32)(H,29,33);1H/t17-,21?,23?,24?;/m0./s1. The first kappa shape index (κ1) is 25.1. The van der Waals surface area contributed by atoms with Gasteiger partial charge in [-0.15, -0.1) is 24.0 Å². The second-order valence-electron chi connectivity index (χ2n) is 9.91. The first-order valence-electron chi connectivity index (χ1n) is 12.2. The van der Waals surface area contributed by atoms with Crippen molar-refractivity contribution in [3.8, 4) is 0 Å². The first-order valence-corrected chi connectivity index (χ1v) is 12.7. The number of fused-ring (bicyclic) bond motifs is 2. The van der Waals surface area contributed by atoms with Crippen LogP contribution in [0.3, 0.4) is 0 Å². The Kier molecular flexibility index (Phi) is 7.90. The second-order valence-corrected chi connectivity index (χ2v) is 10.5. The van der Waals surface area contributed by atoms with Gasteiger partial charge in [-0.1, -0.05) is 30.3 Å². The van der Waals surface area contributed by atoms with Crippen LogP contribution in [0.1, 0.15) is 49.4 Å². The molecular weight excluding hydrogens is 471 g/mol. The number of piperidine rings is 1. The van der Waals surface area contributed by atoms with Crippen LogP contribution < -0.4 is 10.6 Å².